The van der Waals surface area contributed by atoms with Crippen molar-refractivity contribution in [1.82, 2.24) is 15.0 Å². The van der Waals surface area contributed by atoms with Crippen molar-refractivity contribution in [1.29, 1.82) is 0 Å². The molecule has 17 heavy (non-hydrogen) atoms. The number of nitrogens with zero attached hydrogens (tertiary/aromatic N) is 2. The molecule has 0 aliphatic heterocycles. The molecule has 0 amide bonds. The number of hydrogen-bond donors (Lipinski definition) is 2. The summed E-state index contributed by atoms with van der Waals surface area (Å²) >= 11 is 1.07. The summed E-state index contributed by atoms with van der Waals surface area (Å²) in [6.45, 7) is 0. The van der Waals surface area contributed by atoms with Crippen molar-refractivity contribution in [2.45, 2.75) is 10.1 Å². The van der Waals surface area contributed by atoms with Gasteiger partial charge in [-0.25, -0.2) is 9.78 Å². The number of aromatic carboxylic acids is 1. The lowest BCUT2D eigenvalue weighted by Crippen LogP contribution is -2.06. The van der Waals surface area contributed by atoms with E-state index in [-0.39, 0.29) is 11.1 Å². The number of aromatic nitrogens is 3. The fraction of sp³-hybridized carbons (Fsp3) is 0. The lowest BCUT2D eigenvalue weighted by Gasteiger charge is -2.03. The van der Waals surface area contributed by atoms with E-state index >= 15 is 0 Å². The summed E-state index contributed by atoms with van der Waals surface area (Å²) in [6.07, 6.45) is 4.10. The number of carboxylic acid groups (broad SMARTS) is 1. The Morgan fingerprint density at radius 2 is 2.18 bits per heavy atom. The molecule has 0 saturated carbocycles. The first kappa shape index (κ1) is 11.3. The van der Waals surface area contributed by atoms with Gasteiger partial charge in [0.15, 0.2) is 5.16 Å². The standard InChI is InChI=1S/C10H7N3O3S/c14-8-2-4-12-10(13-8)17-7-1-3-11-5-6(7)9(15)16/h1-5H,(H,15,16)(H,12,13,14). The smallest absolute Gasteiger partial charge is 0.338 e. The lowest BCUT2D eigenvalue weighted by molar-refractivity contribution is 0.0692. The van der Waals surface area contributed by atoms with E-state index < -0.39 is 5.97 Å². The van der Waals surface area contributed by atoms with Crippen LogP contribution in [-0.4, -0.2) is 26.0 Å². The highest BCUT2D eigenvalue weighted by molar-refractivity contribution is 7.99. The average molecular weight is 249 g/mol. The predicted molar refractivity (Wildman–Crippen MR) is 60.2 cm³/mol. The Labute approximate surface area is 99.8 Å². The molecule has 7 heteroatoms. The zero-order valence-electron chi connectivity index (χ0n) is 8.45. The summed E-state index contributed by atoms with van der Waals surface area (Å²) in [4.78, 5) is 32.6. The van der Waals surface area contributed by atoms with Gasteiger partial charge < -0.3 is 10.1 Å². The molecule has 2 N–H and O–H groups in total. The van der Waals surface area contributed by atoms with E-state index in [1.54, 1.807) is 6.07 Å². The number of H-pyrrole nitrogens is 1. The van der Waals surface area contributed by atoms with Crippen LogP contribution >= 0.6 is 11.8 Å². The summed E-state index contributed by atoms with van der Waals surface area (Å²) in [6, 6.07) is 2.84. The SMILES string of the molecule is O=C(O)c1cnccc1Sc1nccc(=O)[nH]1. The number of aromatic amines is 1. The largest absolute Gasteiger partial charge is 0.478 e. The number of carbonyl (C=O) groups is 1. The van der Waals surface area contributed by atoms with Crippen molar-refractivity contribution in [3.05, 3.63) is 46.6 Å². The fourth-order valence-corrected chi connectivity index (χ4v) is 1.99. The van der Waals surface area contributed by atoms with E-state index in [4.69, 9.17) is 5.11 Å². The van der Waals surface area contributed by atoms with Gasteiger partial charge in [0.05, 0.1) is 5.56 Å². The molecule has 0 fully saturated rings. The summed E-state index contributed by atoms with van der Waals surface area (Å²) in [5.41, 5.74) is -0.211. The van der Waals surface area contributed by atoms with Crippen molar-refractivity contribution >= 4 is 17.7 Å². The van der Waals surface area contributed by atoms with Crippen molar-refractivity contribution in [2.24, 2.45) is 0 Å². The van der Waals surface area contributed by atoms with E-state index in [1.807, 2.05) is 0 Å². The molecule has 2 aromatic rings. The molecule has 0 aliphatic rings. The van der Waals surface area contributed by atoms with Crippen LogP contribution in [0.2, 0.25) is 0 Å². The molecule has 0 bridgehead atoms. The first-order valence-corrected chi connectivity index (χ1v) is 5.39. The number of rotatable bonds is 3. The number of hydrogen-bond acceptors (Lipinski definition) is 5. The minimum absolute atomic E-state index is 0.0732. The molecule has 0 unspecified atom stereocenters. The molecular formula is C10H7N3O3S. The zero-order valence-corrected chi connectivity index (χ0v) is 9.27. The van der Waals surface area contributed by atoms with Crippen LogP contribution in [-0.2, 0) is 0 Å². The van der Waals surface area contributed by atoms with Crippen LogP contribution in [0.1, 0.15) is 10.4 Å². The normalized spacial score (nSPS) is 10.1. The quantitative estimate of drug-likeness (QED) is 0.788. The second kappa shape index (κ2) is 4.79. The third-order valence-electron chi connectivity index (χ3n) is 1.87. The van der Waals surface area contributed by atoms with Gasteiger partial charge in [-0.3, -0.25) is 9.78 Å². The van der Waals surface area contributed by atoms with Gasteiger partial charge in [-0.1, -0.05) is 11.8 Å². The fourth-order valence-electron chi connectivity index (χ4n) is 1.14. The maximum Gasteiger partial charge on any atom is 0.338 e. The van der Waals surface area contributed by atoms with Gasteiger partial charge in [-0.15, -0.1) is 0 Å². The molecule has 2 rings (SSSR count). The Hall–Kier alpha value is -2.15. The van der Waals surface area contributed by atoms with Crippen LogP contribution in [0.15, 0.2) is 45.6 Å². The van der Waals surface area contributed by atoms with Gasteiger partial charge in [-0.05, 0) is 6.07 Å². The molecule has 0 aliphatic carbocycles. The first-order valence-electron chi connectivity index (χ1n) is 4.57. The highest BCUT2D eigenvalue weighted by atomic mass is 32.2. The van der Waals surface area contributed by atoms with Crippen molar-refractivity contribution in [3.63, 3.8) is 0 Å². The highest BCUT2D eigenvalue weighted by Gasteiger charge is 2.11. The monoisotopic (exact) mass is 249 g/mol. The van der Waals surface area contributed by atoms with Gasteiger partial charge in [-0.2, -0.15) is 0 Å². The van der Waals surface area contributed by atoms with Crippen LogP contribution in [0.5, 0.6) is 0 Å². The van der Waals surface area contributed by atoms with Crippen molar-refractivity contribution in [3.8, 4) is 0 Å². The zero-order chi connectivity index (χ0) is 12.3. The van der Waals surface area contributed by atoms with E-state index in [9.17, 15) is 9.59 Å². The maximum atomic E-state index is 11.1. The third kappa shape index (κ3) is 2.70. The van der Waals surface area contributed by atoms with Gasteiger partial charge in [0.25, 0.3) is 5.56 Å². The summed E-state index contributed by atoms with van der Waals surface area (Å²) in [5.74, 6) is -1.07. The molecule has 0 atom stereocenters. The van der Waals surface area contributed by atoms with Crippen LogP contribution in [0.25, 0.3) is 0 Å². The first-order chi connectivity index (χ1) is 8.16. The lowest BCUT2D eigenvalue weighted by atomic mass is 10.3. The van der Waals surface area contributed by atoms with Gasteiger partial charge in [0.1, 0.15) is 0 Å². The van der Waals surface area contributed by atoms with Gasteiger partial charge in [0.2, 0.25) is 0 Å². The van der Waals surface area contributed by atoms with E-state index in [1.165, 1.54) is 24.7 Å². The Bertz CT molecular complexity index is 611. The van der Waals surface area contributed by atoms with Gasteiger partial charge in [0, 0.05) is 29.6 Å². The second-order valence-electron chi connectivity index (χ2n) is 3.02. The Balaban J connectivity index is 2.36. The third-order valence-corrected chi connectivity index (χ3v) is 2.84. The molecule has 0 saturated heterocycles. The Morgan fingerprint density at radius 1 is 1.35 bits per heavy atom. The molecule has 2 aromatic heterocycles. The van der Waals surface area contributed by atoms with E-state index in [2.05, 4.69) is 15.0 Å². The van der Waals surface area contributed by atoms with Crippen LogP contribution in [0, 0.1) is 0 Å². The van der Waals surface area contributed by atoms with Crippen molar-refractivity contribution < 1.29 is 9.90 Å². The molecule has 2 heterocycles. The molecule has 0 radical (unpaired) electrons. The predicted octanol–water partition coefficient (Wildman–Crippen LogP) is 1.01. The van der Waals surface area contributed by atoms with Crippen LogP contribution in [0.3, 0.4) is 0 Å². The molecule has 0 spiro atoms. The minimum Gasteiger partial charge on any atom is -0.478 e. The number of nitrogens with one attached hydrogen (secondary N) is 1. The average Bonchev–Trinajstić information content (AvgIpc) is 2.29. The molecule has 6 nitrogen and oxygen atoms in total. The number of pyridine rings is 1. The van der Waals surface area contributed by atoms with Crippen LogP contribution < -0.4 is 5.56 Å². The summed E-state index contributed by atoms with van der Waals surface area (Å²) in [7, 11) is 0. The maximum absolute atomic E-state index is 11.1. The number of carboxylic acids is 1. The minimum atomic E-state index is -1.07. The summed E-state index contributed by atoms with van der Waals surface area (Å²) in [5, 5.41) is 9.29. The Morgan fingerprint density at radius 3 is 2.88 bits per heavy atom. The van der Waals surface area contributed by atoms with E-state index in [0.717, 1.165) is 11.8 Å². The molecule has 86 valence electrons. The molecular weight excluding hydrogens is 242 g/mol. The van der Waals surface area contributed by atoms with Crippen LogP contribution in [0.4, 0.5) is 0 Å². The van der Waals surface area contributed by atoms with Crippen molar-refractivity contribution in [2.75, 3.05) is 0 Å². The second-order valence-corrected chi connectivity index (χ2v) is 4.05. The summed E-state index contributed by atoms with van der Waals surface area (Å²) < 4.78 is 0. The van der Waals surface area contributed by atoms with E-state index in [0.29, 0.717) is 10.1 Å². The molecule has 0 aromatic carbocycles. The topological polar surface area (TPSA) is 95.9 Å². The van der Waals surface area contributed by atoms with Gasteiger partial charge >= 0.3 is 5.97 Å². The highest BCUT2D eigenvalue weighted by Crippen LogP contribution is 2.26. The Kier molecular flexibility index (Phi) is 3.20.